The van der Waals surface area contributed by atoms with E-state index in [0.717, 1.165) is 10.0 Å². The van der Waals surface area contributed by atoms with Crippen LogP contribution in [0.1, 0.15) is 15.9 Å². The minimum absolute atomic E-state index is 0.120. The van der Waals surface area contributed by atoms with Gasteiger partial charge in [-0.15, -0.1) is 0 Å². The van der Waals surface area contributed by atoms with Gasteiger partial charge in [-0.2, -0.15) is 0 Å². The molecule has 4 heteroatoms. The van der Waals surface area contributed by atoms with Gasteiger partial charge in [-0.05, 0) is 24.6 Å². The minimum atomic E-state index is -1.01. The van der Waals surface area contributed by atoms with Crippen molar-refractivity contribution >= 4 is 33.5 Å². The molecular weight excluding hydrogens is 243 g/mol. The Morgan fingerprint density at radius 1 is 1.58 bits per heavy atom. The third-order valence-corrected chi connectivity index (χ3v) is 2.65. The standard InChI is InChI=1S/C8H6BrClO2/c1-4-2-7(10)5(8(11)12)3-6(4)9/h2-3H,1H3,(H,11,12). The summed E-state index contributed by atoms with van der Waals surface area (Å²) in [5.74, 6) is -1.01. The molecule has 2 nitrogen and oxygen atoms in total. The van der Waals surface area contributed by atoms with Crippen LogP contribution >= 0.6 is 27.5 Å². The summed E-state index contributed by atoms with van der Waals surface area (Å²) in [5, 5.41) is 8.94. The molecule has 0 bridgehead atoms. The van der Waals surface area contributed by atoms with E-state index in [1.54, 1.807) is 6.07 Å². The maximum atomic E-state index is 10.6. The summed E-state index contributed by atoms with van der Waals surface area (Å²) in [6, 6.07) is 3.12. The Morgan fingerprint density at radius 2 is 2.17 bits per heavy atom. The lowest BCUT2D eigenvalue weighted by atomic mass is 10.1. The predicted molar refractivity (Wildman–Crippen MR) is 50.8 cm³/mol. The molecule has 0 fully saturated rings. The fourth-order valence-corrected chi connectivity index (χ4v) is 1.45. The number of halogens is 2. The van der Waals surface area contributed by atoms with E-state index in [1.165, 1.54) is 6.07 Å². The molecule has 0 unspecified atom stereocenters. The molecule has 0 aliphatic heterocycles. The first kappa shape index (κ1) is 9.55. The second kappa shape index (κ2) is 3.46. The number of hydrogen-bond acceptors (Lipinski definition) is 1. The molecule has 1 N–H and O–H groups in total. The molecule has 0 aromatic heterocycles. The lowest BCUT2D eigenvalue weighted by Crippen LogP contribution is -1.97. The summed E-state index contributed by atoms with van der Waals surface area (Å²) < 4.78 is 0.754. The summed E-state index contributed by atoms with van der Waals surface area (Å²) >= 11 is 8.92. The lowest BCUT2D eigenvalue weighted by molar-refractivity contribution is 0.0697. The molecule has 0 radical (unpaired) electrons. The molecule has 1 rings (SSSR count). The molecular formula is C8H6BrClO2. The second-order valence-electron chi connectivity index (χ2n) is 2.39. The topological polar surface area (TPSA) is 37.3 Å². The van der Waals surface area contributed by atoms with Gasteiger partial charge in [0, 0.05) is 4.47 Å². The average Bonchev–Trinajstić information content (AvgIpc) is 1.96. The van der Waals surface area contributed by atoms with Gasteiger partial charge in [-0.3, -0.25) is 0 Å². The molecule has 0 atom stereocenters. The van der Waals surface area contributed by atoms with E-state index in [2.05, 4.69) is 15.9 Å². The van der Waals surface area contributed by atoms with Crippen LogP contribution < -0.4 is 0 Å². The highest BCUT2D eigenvalue weighted by Gasteiger charge is 2.10. The van der Waals surface area contributed by atoms with Gasteiger partial charge >= 0.3 is 5.97 Å². The fourth-order valence-electron chi connectivity index (χ4n) is 0.810. The molecule has 0 aliphatic carbocycles. The quantitative estimate of drug-likeness (QED) is 0.830. The van der Waals surface area contributed by atoms with E-state index in [-0.39, 0.29) is 10.6 Å². The molecule has 64 valence electrons. The van der Waals surface area contributed by atoms with Gasteiger partial charge < -0.3 is 5.11 Å². The number of carboxylic acids is 1. The first-order chi connectivity index (χ1) is 5.52. The number of carbonyl (C=O) groups is 1. The number of rotatable bonds is 1. The maximum absolute atomic E-state index is 10.6. The van der Waals surface area contributed by atoms with Gasteiger partial charge in [0.05, 0.1) is 10.6 Å². The zero-order valence-electron chi connectivity index (χ0n) is 6.27. The van der Waals surface area contributed by atoms with E-state index in [1.807, 2.05) is 6.92 Å². The van der Waals surface area contributed by atoms with Crippen LogP contribution in [0, 0.1) is 6.92 Å². The monoisotopic (exact) mass is 248 g/mol. The van der Waals surface area contributed by atoms with E-state index in [0.29, 0.717) is 0 Å². The van der Waals surface area contributed by atoms with E-state index >= 15 is 0 Å². The van der Waals surface area contributed by atoms with Crippen molar-refractivity contribution in [3.63, 3.8) is 0 Å². The highest BCUT2D eigenvalue weighted by Crippen LogP contribution is 2.24. The maximum Gasteiger partial charge on any atom is 0.337 e. The Morgan fingerprint density at radius 3 is 2.67 bits per heavy atom. The largest absolute Gasteiger partial charge is 0.478 e. The number of hydrogen-bond donors (Lipinski definition) is 1. The van der Waals surface area contributed by atoms with Crippen molar-refractivity contribution in [1.29, 1.82) is 0 Å². The van der Waals surface area contributed by atoms with Gasteiger partial charge in [-0.1, -0.05) is 27.5 Å². The third-order valence-electron chi connectivity index (χ3n) is 1.48. The highest BCUT2D eigenvalue weighted by molar-refractivity contribution is 9.10. The van der Waals surface area contributed by atoms with Crippen LogP contribution in [-0.4, -0.2) is 11.1 Å². The van der Waals surface area contributed by atoms with Gasteiger partial charge in [0.15, 0.2) is 0 Å². The van der Waals surface area contributed by atoms with E-state index < -0.39 is 5.97 Å². The summed E-state index contributed by atoms with van der Waals surface area (Å²) in [5.41, 5.74) is 1.04. The molecule has 0 heterocycles. The van der Waals surface area contributed by atoms with Crippen molar-refractivity contribution in [2.75, 3.05) is 0 Å². The van der Waals surface area contributed by atoms with Crippen molar-refractivity contribution < 1.29 is 9.90 Å². The first-order valence-electron chi connectivity index (χ1n) is 3.21. The van der Waals surface area contributed by atoms with Crippen molar-refractivity contribution in [2.45, 2.75) is 6.92 Å². The molecule has 0 aliphatic rings. The van der Waals surface area contributed by atoms with Crippen molar-refractivity contribution in [3.05, 3.63) is 32.8 Å². The van der Waals surface area contributed by atoms with Crippen molar-refractivity contribution in [3.8, 4) is 0 Å². The van der Waals surface area contributed by atoms with Crippen LogP contribution in [0.25, 0.3) is 0 Å². The SMILES string of the molecule is Cc1cc(Cl)c(C(=O)O)cc1Br. The van der Waals surface area contributed by atoms with Crippen LogP contribution in [0.3, 0.4) is 0 Å². The normalized spacial score (nSPS) is 9.92. The van der Waals surface area contributed by atoms with Crippen LogP contribution in [0.5, 0.6) is 0 Å². The number of aromatic carboxylic acids is 1. The first-order valence-corrected chi connectivity index (χ1v) is 4.38. The summed E-state index contributed by atoms with van der Waals surface area (Å²) in [6.07, 6.45) is 0. The summed E-state index contributed by atoms with van der Waals surface area (Å²) in [6.45, 7) is 1.85. The van der Waals surface area contributed by atoms with Crippen molar-refractivity contribution in [2.24, 2.45) is 0 Å². The molecule has 1 aromatic rings. The molecule has 0 amide bonds. The Kier molecular flexibility index (Phi) is 2.75. The van der Waals surface area contributed by atoms with Crippen LogP contribution in [-0.2, 0) is 0 Å². The number of benzene rings is 1. The Hall–Kier alpha value is -0.540. The third kappa shape index (κ3) is 1.79. The molecule has 0 saturated carbocycles. The highest BCUT2D eigenvalue weighted by atomic mass is 79.9. The van der Waals surface area contributed by atoms with Crippen molar-refractivity contribution in [1.82, 2.24) is 0 Å². The molecule has 0 spiro atoms. The average molecular weight is 249 g/mol. The smallest absolute Gasteiger partial charge is 0.337 e. The van der Waals surface area contributed by atoms with E-state index in [4.69, 9.17) is 16.7 Å². The number of aryl methyl sites for hydroxylation is 1. The second-order valence-corrected chi connectivity index (χ2v) is 3.65. The predicted octanol–water partition coefficient (Wildman–Crippen LogP) is 3.11. The fraction of sp³-hybridized carbons (Fsp3) is 0.125. The summed E-state index contributed by atoms with van der Waals surface area (Å²) in [7, 11) is 0. The van der Waals surface area contributed by atoms with Crippen LogP contribution in [0.4, 0.5) is 0 Å². The Bertz CT molecular complexity index is 336. The minimum Gasteiger partial charge on any atom is -0.478 e. The van der Waals surface area contributed by atoms with Crippen LogP contribution in [0.15, 0.2) is 16.6 Å². The van der Waals surface area contributed by atoms with Crippen LogP contribution in [0.2, 0.25) is 5.02 Å². The van der Waals surface area contributed by atoms with Gasteiger partial charge in [0.2, 0.25) is 0 Å². The Balaban J connectivity index is 3.33. The lowest BCUT2D eigenvalue weighted by Gasteiger charge is -2.02. The molecule has 12 heavy (non-hydrogen) atoms. The Labute approximate surface area is 83.3 Å². The summed E-state index contributed by atoms with van der Waals surface area (Å²) in [4.78, 5) is 10.6. The van der Waals surface area contributed by atoms with Gasteiger partial charge in [-0.25, -0.2) is 4.79 Å². The molecule has 0 saturated heterocycles. The zero-order chi connectivity index (χ0) is 9.30. The van der Waals surface area contributed by atoms with Gasteiger partial charge in [0.25, 0.3) is 0 Å². The van der Waals surface area contributed by atoms with E-state index in [9.17, 15) is 4.79 Å². The van der Waals surface area contributed by atoms with Gasteiger partial charge in [0.1, 0.15) is 0 Å². The molecule has 1 aromatic carbocycles. The number of carboxylic acid groups (broad SMARTS) is 1. The zero-order valence-corrected chi connectivity index (χ0v) is 8.61.